The molecule has 3 aromatic carbocycles. The highest BCUT2D eigenvalue weighted by atomic mass is 19.4. The van der Waals surface area contributed by atoms with Crippen molar-refractivity contribution in [2.24, 2.45) is 0 Å². The Labute approximate surface area is 254 Å². The van der Waals surface area contributed by atoms with E-state index in [0.717, 1.165) is 42.8 Å². The summed E-state index contributed by atoms with van der Waals surface area (Å²) in [5.74, 6) is 0.137. The van der Waals surface area contributed by atoms with Crippen LogP contribution >= 0.6 is 0 Å². The zero-order valence-electron chi connectivity index (χ0n) is 24.4. The predicted molar refractivity (Wildman–Crippen MR) is 159 cm³/mol. The van der Waals surface area contributed by atoms with Gasteiger partial charge in [0.05, 0.1) is 22.6 Å². The Morgan fingerprint density at radius 2 is 1.84 bits per heavy atom. The van der Waals surface area contributed by atoms with Gasteiger partial charge in [0, 0.05) is 31.3 Å². The summed E-state index contributed by atoms with van der Waals surface area (Å²) in [6.07, 6.45) is 1.02. The zero-order chi connectivity index (χ0) is 30.9. The van der Waals surface area contributed by atoms with Gasteiger partial charge < -0.3 is 19.8 Å². The van der Waals surface area contributed by atoms with E-state index in [4.69, 9.17) is 4.74 Å². The Kier molecular flexibility index (Phi) is 6.82. The maximum Gasteiger partial charge on any atom is 0.416 e. The number of hydrogen-bond acceptors (Lipinski definition) is 5. The fraction of sp³-hybridized carbons (Fsp3) is 0.400. The molecule has 2 aliphatic heterocycles. The number of piperidine rings is 1. The lowest BCUT2D eigenvalue weighted by molar-refractivity contribution is -0.199. The number of phenols is 1. The lowest BCUT2D eigenvalue weighted by Gasteiger charge is -2.64. The highest BCUT2D eigenvalue weighted by Crippen LogP contribution is 2.65. The summed E-state index contributed by atoms with van der Waals surface area (Å²) < 4.78 is 45.4. The molecular formula is C35H35F3N2O4. The van der Waals surface area contributed by atoms with Crippen molar-refractivity contribution in [2.75, 3.05) is 20.1 Å². The van der Waals surface area contributed by atoms with Gasteiger partial charge in [0.15, 0.2) is 11.5 Å². The molecule has 2 unspecified atom stereocenters. The number of amides is 1. The number of likely N-dealkylation sites (N-methyl/N-ethyl adjacent to an activating group) is 1. The molecule has 4 aliphatic rings. The first kappa shape index (κ1) is 28.9. The Morgan fingerprint density at radius 3 is 2.57 bits per heavy atom. The number of carbonyl (C=O) groups is 1. The van der Waals surface area contributed by atoms with Crippen LogP contribution in [0, 0.1) is 0 Å². The smallest absolute Gasteiger partial charge is 0.416 e. The molecule has 7 rings (SSSR count). The molecular weight excluding hydrogens is 569 g/mol. The van der Waals surface area contributed by atoms with Crippen LogP contribution in [-0.4, -0.2) is 69.8 Å². The number of hydrogen-bond donors (Lipinski definition) is 2. The average Bonchev–Trinajstić information content (AvgIpc) is 3.36. The fourth-order valence-corrected chi connectivity index (χ4v) is 8.42. The van der Waals surface area contributed by atoms with Gasteiger partial charge in [0.1, 0.15) is 6.10 Å². The van der Waals surface area contributed by atoms with E-state index in [9.17, 15) is 28.2 Å². The van der Waals surface area contributed by atoms with Crippen molar-refractivity contribution in [2.45, 2.75) is 67.5 Å². The third kappa shape index (κ3) is 4.35. The molecule has 5 atom stereocenters. The fourth-order valence-electron chi connectivity index (χ4n) is 8.42. The number of halogens is 3. The minimum Gasteiger partial charge on any atom is -0.504 e. The maximum absolute atomic E-state index is 13.4. The second-order valence-electron chi connectivity index (χ2n) is 12.6. The maximum atomic E-state index is 13.4. The summed E-state index contributed by atoms with van der Waals surface area (Å²) in [6.45, 7) is 1.57. The Hall–Kier alpha value is -3.82. The van der Waals surface area contributed by atoms with Crippen LogP contribution in [-0.2, 0) is 29.2 Å². The first-order chi connectivity index (χ1) is 21.0. The molecule has 2 aliphatic carbocycles. The Morgan fingerprint density at radius 1 is 1.09 bits per heavy atom. The summed E-state index contributed by atoms with van der Waals surface area (Å²) in [5.41, 5.74) is 1.05. The van der Waals surface area contributed by atoms with Crippen LogP contribution in [0.25, 0.3) is 6.08 Å². The summed E-state index contributed by atoms with van der Waals surface area (Å²) in [5, 5.41) is 23.6. The van der Waals surface area contributed by atoms with Gasteiger partial charge in [-0.15, -0.1) is 0 Å². The molecule has 2 heterocycles. The SMILES string of the molecule is CN(C(=O)/C=C/c1ccc(C(F)(F)F)cc1)C1CC[C@@]2(O)[C@H]3Cc4ccc(O)c5c4[C@@]2(CCN3CCc2ccccc2)C1O5. The van der Waals surface area contributed by atoms with Crippen molar-refractivity contribution in [3.8, 4) is 11.5 Å². The van der Waals surface area contributed by atoms with Crippen molar-refractivity contribution in [1.29, 1.82) is 0 Å². The molecule has 2 bridgehead atoms. The van der Waals surface area contributed by atoms with E-state index in [-0.39, 0.29) is 23.7 Å². The third-order valence-corrected chi connectivity index (χ3v) is 10.6. The lowest BCUT2D eigenvalue weighted by atomic mass is 9.48. The Balaban J connectivity index is 1.17. The topological polar surface area (TPSA) is 73.2 Å². The van der Waals surface area contributed by atoms with Crippen molar-refractivity contribution in [1.82, 2.24) is 9.80 Å². The molecule has 6 nitrogen and oxygen atoms in total. The quantitative estimate of drug-likeness (QED) is 0.372. The zero-order valence-corrected chi connectivity index (χ0v) is 24.4. The number of likely N-dealkylation sites (tertiary alicyclic amines) is 1. The predicted octanol–water partition coefficient (Wildman–Crippen LogP) is 5.35. The number of aliphatic hydroxyl groups is 1. The lowest BCUT2D eigenvalue weighted by Crippen LogP contribution is -2.78. The first-order valence-electron chi connectivity index (χ1n) is 15.2. The van der Waals surface area contributed by atoms with Gasteiger partial charge in [-0.3, -0.25) is 9.69 Å². The molecule has 230 valence electrons. The molecule has 2 fully saturated rings. The largest absolute Gasteiger partial charge is 0.504 e. The van der Waals surface area contributed by atoms with Gasteiger partial charge in [-0.25, -0.2) is 0 Å². The molecule has 1 amide bonds. The number of benzene rings is 3. The van der Waals surface area contributed by atoms with E-state index in [1.165, 1.54) is 29.8 Å². The van der Waals surface area contributed by atoms with E-state index in [1.54, 1.807) is 18.0 Å². The van der Waals surface area contributed by atoms with Gasteiger partial charge in [-0.2, -0.15) is 13.2 Å². The minimum atomic E-state index is -4.43. The van der Waals surface area contributed by atoms with Crippen LogP contribution in [0.1, 0.15) is 47.1 Å². The van der Waals surface area contributed by atoms with Crippen LogP contribution < -0.4 is 4.74 Å². The highest BCUT2D eigenvalue weighted by molar-refractivity contribution is 5.92. The van der Waals surface area contributed by atoms with E-state index in [1.807, 2.05) is 24.3 Å². The van der Waals surface area contributed by atoms with Gasteiger partial charge >= 0.3 is 6.18 Å². The Bertz CT molecular complexity index is 1610. The van der Waals surface area contributed by atoms with Gasteiger partial charge in [0.2, 0.25) is 5.91 Å². The van der Waals surface area contributed by atoms with Crippen LogP contribution in [0.2, 0.25) is 0 Å². The minimum absolute atomic E-state index is 0.0368. The molecule has 1 saturated carbocycles. The molecule has 2 N–H and O–H groups in total. The molecule has 1 spiro atoms. The number of phenolic OH excluding ortho intramolecular Hbond substituents is 1. The summed E-state index contributed by atoms with van der Waals surface area (Å²) >= 11 is 0. The summed E-state index contributed by atoms with van der Waals surface area (Å²) in [4.78, 5) is 17.5. The molecule has 0 aromatic heterocycles. The first-order valence-corrected chi connectivity index (χ1v) is 15.2. The summed E-state index contributed by atoms with van der Waals surface area (Å²) in [6, 6.07) is 18.1. The number of rotatable bonds is 6. The highest BCUT2D eigenvalue weighted by Gasteiger charge is 2.73. The molecule has 44 heavy (non-hydrogen) atoms. The van der Waals surface area contributed by atoms with Crippen LogP contribution in [0.3, 0.4) is 0 Å². The van der Waals surface area contributed by atoms with E-state index < -0.39 is 28.9 Å². The average molecular weight is 605 g/mol. The van der Waals surface area contributed by atoms with E-state index in [0.29, 0.717) is 37.0 Å². The van der Waals surface area contributed by atoms with Crippen LogP contribution in [0.5, 0.6) is 11.5 Å². The van der Waals surface area contributed by atoms with Gasteiger partial charge in [0.25, 0.3) is 0 Å². The number of ether oxygens (including phenoxy) is 1. The van der Waals surface area contributed by atoms with Crippen molar-refractivity contribution < 1.29 is 32.9 Å². The number of nitrogens with zero attached hydrogens (tertiary/aromatic N) is 2. The van der Waals surface area contributed by atoms with Crippen molar-refractivity contribution in [3.05, 3.63) is 101 Å². The molecule has 3 aromatic rings. The molecule has 1 saturated heterocycles. The number of carbonyl (C=O) groups excluding carboxylic acids is 1. The van der Waals surface area contributed by atoms with Gasteiger partial charge in [-0.1, -0.05) is 48.5 Å². The van der Waals surface area contributed by atoms with Crippen LogP contribution in [0.15, 0.2) is 72.8 Å². The number of alkyl halides is 3. The normalized spacial score (nSPS) is 28.9. The van der Waals surface area contributed by atoms with Gasteiger partial charge in [-0.05, 0) is 79.6 Å². The second kappa shape index (κ2) is 10.4. The van der Waals surface area contributed by atoms with E-state index in [2.05, 4.69) is 17.0 Å². The molecule has 9 heteroatoms. The molecule has 0 radical (unpaired) electrons. The summed E-state index contributed by atoms with van der Waals surface area (Å²) in [7, 11) is 1.70. The third-order valence-electron chi connectivity index (χ3n) is 10.6. The van der Waals surface area contributed by atoms with E-state index >= 15 is 0 Å². The van der Waals surface area contributed by atoms with Crippen molar-refractivity contribution >= 4 is 12.0 Å². The van der Waals surface area contributed by atoms with Crippen molar-refractivity contribution in [3.63, 3.8) is 0 Å². The van der Waals surface area contributed by atoms with Crippen LogP contribution in [0.4, 0.5) is 13.2 Å². The second-order valence-corrected chi connectivity index (χ2v) is 12.6. The number of aromatic hydroxyl groups is 1. The monoisotopic (exact) mass is 604 g/mol. The standard InChI is InChI=1S/C35H35F3N2O4/c1-39(29(42)14-9-23-7-11-25(12-8-23)35(36,37)38)26-15-17-34(43)28-21-24-10-13-27(41)31-30(24)33(34,32(26)44-31)18-20-40(28)19-16-22-5-3-2-4-6-22/h2-14,26,28,32,41,43H,15-21H2,1H3/b14-9+/t26?,28-,32?,33+,34-/m1/s1.